The van der Waals surface area contributed by atoms with Crippen LogP contribution in [0.4, 0.5) is 0 Å². The summed E-state index contributed by atoms with van der Waals surface area (Å²) in [4.78, 5) is 14.9. The van der Waals surface area contributed by atoms with Crippen molar-refractivity contribution in [2.75, 3.05) is 27.3 Å². The van der Waals surface area contributed by atoms with E-state index in [0.717, 1.165) is 38.3 Å². The molecular weight excluding hydrogens is 326 g/mol. The fraction of sp³-hybridized carbons (Fsp3) is 0.955. The van der Waals surface area contributed by atoms with Gasteiger partial charge in [-0.15, -0.1) is 0 Å². The van der Waals surface area contributed by atoms with E-state index in [9.17, 15) is 4.79 Å². The number of hydrogen-bond acceptors (Lipinski definition) is 3. The molecule has 3 saturated carbocycles. The van der Waals surface area contributed by atoms with Crippen LogP contribution in [-0.4, -0.2) is 49.8 Å². The SMILES string of the molecule is COC1CN(C(=O)C23CC(C[C@@H](C)CCCCC(C)(C)OC)(C2)[C@H]3C)C1. The monoisotopic (exact) mass is 365 g/mol. The molecule has 1 aliphatic heterocycles. The first-order valence-corrected chi connectivity index (χ1v) is 10.6. The molecule has 4 heteroatoms. The van der Waals surface area contributed by atoms with Gasteiger partial charge in [-0.2, -0.15) is 0 Å². The Kier molecular flexibility index (Phi) is 5.49. The van der Waals surface area contributed by atoms with Gasteiger partial charge in [-0.05, 0) is 56.8 Å². The quantitative estimate of drug-likeness (QED) is 0.543. The van der Waals surface area contributed by atoms with Crippen molar-refractivity contribution in [3.8, 4) is 0 Å². The highest BCUT2D eigenvalue weighted by Gasteiger charge is 2.77. The van der Waals surface area contributed by atoms with Crippen LogP contribution in [0.5, 0.6) is 0 Å². The molecule has 0 radical (unpaired) electrons. The predicted molar refractivity (Wildman–Crippen MR) is 104 cm³/mol. The van der Waals surface area contributed by atoms with Gasteiger partial charge in [0.05, 0.1) is 17.1 Å². The molecule has 4 aliphatic rings. The summed E-state index contributed by atoms with van der Waals surface area (Å²) < 4.78 is 10.8. The normalized spacial score (nSPS) is 34.7. The van der Waals surface area contributed by atoms with Crippen molar-refractivity contribution in [2.24, 2.45) is 22.7 Å². The minimum absolute atomic E-state index is 0.0109. The molecule has 1 heterocycles. The zero-order valence-corrected chi connectivity index (χ0v) is 17.8. The summed E-state index contributed by atoms with van der Waals surface area (Å²) in [5.74, 6) is 1.74. The molecule has 26 heavy (non-hydrogen) atoms. The van der Waals surface area contributed by atoms with E-state index < -0.39 is 0 Å². The standard InChI is InChI=1S/C22H39NO3/c1-16(9-7-8-10-20(3,4)26-6)11-21-14-22(15-21,17(21)2)19(24)23-12-18(13-23)25-5/h16-18H,7-15H2,1-6H3/t16-,17+,21?,22?/m0/s1. The Bertz CT molecular complexity index is 517. The van der Waals surface area contributed by atoms with Gasteiger partial charge in [-0.3, -0.25) is 4.79 Å². The van der Waals surface area contributed by atoms with E-state index in [1.165, 1.54) is 25.7 Å². The first kappa shape index (κ1) is 20.1. The Labute approximate surface area is 160 Å². The fourth-order valence-corrected chi connectivity index (χ4v) is 5.81. The maximum Gasteiger partial charge on any atom is 0.229 e. The molecule has 4 nitrogen and oxygen atoms in total. The number of likely N-dealkylation sites (tertiary alicyclic amines) is 1. The molecule has 2 atom stereocenters. The van der Waals surface area contributed by atoms with E-state index in [1.807, 2.05) is 4.90 Å². The summed E-state index contributed by atoms with van der Waals surface area (Å²) in [6.07, 6.45) is 8.80. The molecule has 3 aliphatic carbocycles. The first-order valence-electron chi connectivity index (χ1n) is 10.6. The van der Waals surface area contributed by atoms with Crippen molar-refractivity contribution in [1.82, 2.24) is 4.90 Å². The Morgan fingerprint density at radius 2 is 1.88 bits per heavy atom. The van der Waals surface area contributed by atoms with Crippen LogP contribution in [0.2, 0.25) is 0 Å². The zero-order valence-electron chi connectivity index (χ0n) is 17.8. The van der Waals surface area contributed by atoms with Gasteiger partial charge >= 0.3 is 0 Å². The van der Waals surface area contributed by atoms with Crippen LogP contribution in [0, 0.1) is 22.7 Å². The van der Waals surface area contributed by atoms with Crippen LogP contribution in [-0.2, 0) is 14.3 Å². The number of amides is 1. The molecule has 0 aromatic rings. The average Bonchev–Trinajstić information content (AvgIpc) is 2.53. The van der Waals surface area contributed by atoms with E-state index in [1.54, 1.807) is 14.2 Å². The Hall–Kier alpha value is -0.610. The predicted octanol–water partition coefficient (Wildman–Crippen LogP) is 4.27. The molecule has 0 spiro atoms. The Balaban J connectivity index is 1.38. The molecule has 0 N–H and O–H groups in total. The van der Waals surface area contributed by atoms with E-state index in [-0.39, 0.29) is 17.1 Å². The number of nitrogens with zero attached hydrogens (tertiary/aromatic N) is 1. The molecule has 2 bridgehead atoms. The van der Waals surface area contributed by atoms with Gasteiger partial charge in [0, 0.05) is 27.3 Å². The summed E-state index contributed by atoms with van der Waals surface area (Å²) in [5, 5.41) is 0. The summed E-state index contributed by atoms with van der Waals surface area (Å²) in [6.45, 7) is 10.7. The third-order valence-electron chi connectivity index (χ3n) is 8.01. The number of rotatable bonds is 10. The van der Waals surface area contributed by atoms with Gasteiger partial charge in [0.2, 0.25) is 5.91 Å². The second-order valence-electron chi connectivity index (χ2n) is 10.2. The lowest BCUT2D eigenvalue weighted by atomic mass is 9.27. The van der Waals surface area contributed by atoms with Gasteiger partial charge in [-0.25, -0.2) is 0 Å². The number of ether oxygens (including phenoxy) is 2. The molecule has 0 aromatic carbocycles. The molecule has 0 unspecified atom stereocenters. The Morgan fingerprint density at radius 1 is 1.23 bits per heavy atom. The lowest BCUT2D eigenvalue weighted by Crippen LogP contribution is -2.76. The van der Waals surface area contributed by atoms with Gasteiger partial charge in [0.1, 0.15) is 0 Å². The number of carbonyl (C=O) groups is 1. The van der Waals surface area contributed by atoms with Gasteiger partial charge in [-0.1, -0.05) is 33.1 Å². The van der Waals surface area contributed by atoms with Crippen LogP contribution in [0.1, 0.15) is 72.6 Å². The minimum atomic E-state index is -0.0130. The van der Waals surface area contributed by atoms with E-state index >= 15 is 0 Å². The highest BCUT2D eigenvalue weighted by molar-refractivity contribution is 5.87. The van der Waals surface area contributed by atoms with Crippen molar-refractivity contribution in [3.05, 3.63) is 0 Å². The second-order valence-corrected chi connectivity index (χ2v) is 10.2. The molecule has 1 saturated heterocycles. The minimum Gasteiger partial charge on any atom is -0.379 e. The van der Waals surface area contributed by atoms with Crippen molar-refractivity contribution >= 4 is 5.91 Å². The number of unbranched alkanes of at least 4 members (excludes halogenated alkanes) is 1. The topological polar surface area (TPSA) is 38.8 Å². The lowest BCUT2D eigenvalue weighted by Gasteiger charge is -2.76. The molecule has 1 amide bonds. The molecule has 0 aromatic heterocycles. The maximum atomic E-state index is 12.9. The number of hydrogen-bond donors (Lipinski definition) is 0. The molecular formula is C22H39NO3. The third kappa shape index (κ3) is 3.32. The van der Waals surface area contributed by atoms with Crippen molar-refractivity contribution in [2.45, 2.75) is 84.3 Å². The van der Waals surface area contributed by atoms with E-state index in [2.05, 4.69) is 27.7 Å². The summed E-state index contributed by atoms with van der Waals surface area (Å²) >= 11 is 0. The fourth-order valence-electron chi connectivity index (χ4n) is 5.81. The van der Waals surface area contributed by atoms with Crippen LogP contribution in [0.15, 0.2) is 0 Å². The number of carbonyl (C=O) groups excluding carboxylic acids is 1. The van der Waals surface area contributed by atoms with Crippen LogP contribution in [0.25, 0.3) is 0 Å². The third-order valence-corrected chi connectivity index (χ3v) is 8.01. The van der Waals surface area contributed by atoms with Gasteiger partial charge in [0.15, 0.2) is 0 Å². The highest BCUT2D eigenvalue weighted by Crippen LogP contribution is 2.79. The van der Waals surface area contributed by atoms with Gasteiger partial charge < -0.3 is 14.4 Å². The van der Waals surface area contributed by atoms with E-state index in [0.29, 0.717) is 17.2 Å². The Morgan fingerprint density at radius 3 is 2.42 bits per heavy atom. The lowest BCUT2D eigenvalue weighted by molar-refractivity contribution is -0.273. The summed E-state index contributed by atoms with van der Waals surface area (Å²) in [5.41, 5.74) is 0.463. The van der Waals surface area contributed by atoms with Crippen molar-refractivity contribution < 1.29 is 14.3 Å². The van der Waals surface area contributed by atoms with Crippen molar-refractivity contribution in [3.63, 3.8) is 0 Å². The molecule has 150 valence electrons. The van der Waals surface area contributed by atoms with Crippen LogP contribution in [0.3, 0.4) is 0 Å². The van der Waals surface area contributed by atoms with Crippen LogP contribution >= 0.6 is 0 Å². The summed E-state index contributed by atoms with van der Waals surface area (Å²) in [6, 6.07) is 0. The molecule has 4 fully saturated rings. The second kappa shape index (κ2) is 7.09. The highest BCUT2D eigenvalue weighted by atomic mass is 16.5. The smallest absolute Gasteiger partial charge is 0.229 e. The summed E-state index contributed by atoms with van der Waals surface area (Å²) in [7, 11) is 3.54. The molecule has 4 rings (SSSR count). The van der Waals surface area contributed by atoms with E-state index in [4.69, 9.17) is 9.47 Å². The largest absolute Gasteiger partial charge is 0.379 e. The average molecular weight is 366 g/mol. The first-order chi connectivity index (χ1) is 12.2. The maximum absolute atomic E-state index is 12.9. The van der Waals surface area contributed by atoms with Crippen LogP contribution < -0.4 is 0 Å². The van der Waals surface area contributed by atoms with Gasteiger partial charge in [0.25, 0.3) is 0 Å². The number of methoxy groups -OCH3 is 2. The zero-order chi connectivity index (χ0) is 19.2. The van der Waals surface area contributed by atoms with Crippen molar-refractivity contribution in [1.29, 1.82) is 0 Å².